The van der Waals surface area contributed by atoms with Gasteiger partial charge in [-0.15, -0.1) is 0 Å². The molecule has 0 aliphatic carbocycles. The highest BCUT2D eigenvalue weighted by Gasteiger charge is 2.16. The SMILES string of the molecule is Cc1ccc(NC(=O)c2nc(SCc3ccccc3C)ncc2Cl)c(C)c1. The summed E-state index contributed by atoms with van der Waals surface area (Å²) in [6.45, 7) is 6.03. The molecule has 0 atom stereocenters. The predicted molar refractivity (Wildman–Crippen MR) is 112 cm³/mol. The van der Waals surface area contributed by atoms with Crippen molar-refractivity contribution in [2.45, 2.75) is 31.7 Å². The standard InChI is InChI=1S/C21H20ClN3OS/c1-13-8-9-18(15(3)10-13)24-20(26)19-17(22)11-23-21(25-19)27-12-16-7-5-4-6-14(16)2/h4-11H,12H2,1-3H3,(H,24,26). The van der Waals surface area contributed by atoms with Crippen LogP contribution in [0.2, 0.25) is 5.02 Å². The van der Waals surface area contributed by atoms with E-state index in [9.17, 15) is 4.79 Å². The Bertz CT molecular complexity index is 991. The lowest BCUT2D eigenvalue weighted by atomic mass is 10.1. The average Bonchev–Trinajstić information content (AvgIpc) is 2.64. The van der Waals surface area contributed by atoms with Crippen LogP contribution < -0.4 is 5.32 Å². The number of benzene rings is 2. The molecule has 0 saturated carbocycles. The lowest BCUT2D eigenvalue weighted by Crippen LogP contribution is -2.16. The number of nitrogens with one attached hydrogen (secondary N) is 1. The van der Waals surface area contributed by atoms with Gasteiger partial charge < -0.3 is 5.32 Å². The number of aromatic nitrogens is 2. The molecule has 0 aliphatic rings. The molecule has 0 radical (unpaired) electrons. The van der Waals surface area contributed by atoms with Gasteiger partial charge in [-0.2, -0.15) is 0 Å². The number of carbonyl (C=O) groups excluding carboxylic acids is 1. The zero-order chi connectivity index (χ0) is 19.4. The van der Waals surface area contributed by atoms with Crippen molar-refractivity contribution in [3.63, 3.8) is 0 Å². The molecule has 6 heteroatoms. The van der Waals surface area contributed by atoms with Gasteiger partial charge in [0, 0.05) is 11.4 Å². The number of thioether (sulfide) groups is 1. The van der Waals surface area contributed by atoms with Crippen LogP contribution in [0.1, 0.15) is 32.7 Å². The van der Waals surface area contributed by atoms with Crippen molar-refractivity contribution >= 4 is 35.0 Å². The zero-order valence-electron chi connectivity index (χ0n) is 15.4. The largest absolute Gasteiger partial charge is 0.320 e. The van der Waals surface area contributed by atoms with Gasteiger partial charge in [-0.1, -0.05) is 65.3 Å². The molecule has 3 rings (SSSR count). The summed E-state index contributed by atoms with van der Waals surface area (Å²) in [5.41, 5.74) is 5.48. The average molecular weight is 398 g/mol. The molecule has 1 heterocycles. The maximum absolute atomic E-state index is 12.7. The van der Waals surface area contributed by atoms with Gasteiger partial charge in [0.1, 0.15) is 0 Å². The highest BCUT2D eigenvalue weighted by molar-refractivity contribution is 7.98. The molecule has 0 spiro atoms. The molecule has 3 aromatic rings. The third kappa shape index (κ3) is 4.87. The Labute approximate surface area is 168 Å². The van der Waals surface area contributed by atoms with Crippen LogP contribution in [0.4, 0.5) is 5.69 Å². The van der Waals surface area contributed by atoms with Gasteiger partial charge in [-0.05, 0) is 43.5 Å². The van der Waals surface area contributed by atoms with Crippen molar-refractivity contribution in [3.8, 4) is 0 Å². The molecule has 27 heavy (non-hydrogen) atoms. The molecule has 0 bridgehead atoms. The summed E-state index contributed by atoms with van der Waals surface area (Å²) in [5, 5.41) is 3.64. The smallest absolute Gasteiger partial charge is 0.275 e. The predicted octanol–water partition coefficient (Wildman–Crippen LogP) is 5.60. The first-order chi connectivity index (χ1) is 12.9. The second kappa shape index (κ2) is 8.55. The van der Waals surface area contributed by atoms with E-state index >= 15 is 0 Å². The molecule has 1 aromatic heterocycles. The summed E-state index contributed by atoms with van der Waals surface area (Å²) in [4.78, 5) is 21.3. The number of hydrogen-bond donors (Lipinski definition) is 1. The molecule has 0 unspecified atom stereocenters. The number of rotatable bonds is 5. The van der Waals surface area contributed by atoms with Crippen molar-refractivity contribution in [1.82, 2.24) is 9.97 Å². The van der Waals surface area contributed by atoms with Crippen molar-refractivity contribution in [2.24, 2.45) is 0 Å². The normalized spacial score (nSPS) is 10.7. The summed E-state index contributed by atoms with van der Waals surface area (Å²) >= 11 is 7.65. The number of anilines is 1. The molecule has 4 nitrogen and oxygen atoms in total. The van der Waals surface area contributed by atoms with Crippen molar-refractivity contribution in [3.05, 3.63) is 81.6 Å². The van der Waals surface area contributed by atoms with Gasteiger partial charge in [-0.25, -0.2) is 9.97 Å². The van der Waals surface area contributed by atoms with Crippen LogP contribution in [0, 0.1) is 20.8 Å². The third-order valence-electron chi connectivity index (χ3n) is 4.19. The molecule has 0 aliphatic heterocycles. The zero-order valence-corrected chi connectivity index (χ0v) is 17.0. The summed E-state index contributed by atoms with van der Waals surface area (Å²) in [7, 11) is 0. The van der Waals surface area contributed by atoms with Crippen LogP contribution in [0.25, 0.3) is 0 Å². The Hall–Kier alpha value is -2.37. The fourth-order valence-corrected chi connectivity index (χ4v) is 3.70. The fraction of sp³-hybridized carbons (Fsp3) is 0.190. The monoisotopic (exact) mass is 397 g/mol. The van der Waals surface area contributed by atoms with Crippen molar-refractivity contribution < 1.29 is 4.79 Å². The van der Waals surface area contributed by atoms with Crippen LogP contribution in [-0.2, 0) is 5.75 Å². The van der Waals surface area contributed by atoms with Crippen molar-refractivity contribution in [2.75, 3.05) is 5.32 Å². The summed E-state index contributed by atoms with van der Waals surface area (Å²) in [6.07, 6.45) is 1.48. The molecule has 1 N–H and O–H groups in total. The van der Waals surface area contributed by atoms with E-state index < -0.39 is 0 Å². The van der Waals surface area contributed by atoms with Gasteiger partial charge in [-0.3, -0.25) is 4.79 Å². The molecular formula is C21H20ClN3OS. The van der Waals surface area contributed by atoms with Crippen LogP contribution in [-0.4, -0.2) is 15.9 Å². The van der Waals surface area contributed by atoms with Gasteiger partial charge in [0.15, 0.2) is 10.9 Å². The maximum Gasteiger partial charge on any atom is 0.275 e. The molecule has 138 valence electrons. The summed E-state index contributed by atoms with van der Waals surface area (Å²) in [6, 6.07) is 14.0. The lowest BCUT2D eigenvalue weighted by Gasteiger charge is -2.10. The topological polar surface area (TPSA) is 54.9 Å². The van der Waals surface area contributed by atoms with Crippen molar-refractivity contribution in [1.29, 1.82) is 0 Å². The van der Waals surface area contributed by atoms with Gasteiger partial charge in [0.2, 0.25) is 0 Å². The van der Waals surface area contributed by atoms with E-state index in [1.54, 1.807) is 0 Å². The molecule has 0 saturated heterocycles. The summed E-state index contributed by atoms with van der Waals surface area (Å²) in [5.74, 6) is 0.388. The number of aryl methyl sites for hydroxylation is 3. The molecule has 2 aromatic carbocycles. The molecular weight excluding hydrogens is 378 g/mol. The van der Waals surface area contributed by atoms with E-state index in [4.69, 9.17) is 11.6 Å². The van der Waals surface area contributed by atoms with E-state index in [2.05, 4.69) is 34.3 Å². The minimum atomic E-state index is -0.341. The Morgan fingerprint density at radius 3 is 2.63 bits per heavy atom. The van der Waals surface area contributed by atoms with E-state index in [-0.39, 0.29) is 16.6 Å². The number of halogens is 1. The van der Waals surface area contributed by atoms with E-state index in [1.807, 2.05) is 44.2 Å². The van der Waals surface area contributed by atoms with Gasteiger partial charge >= 0.3 is 0 Å². The molecule has 0 fully saturated rings. The van der Waals surface area contributed by atoms with Gasteiger partial charge in [0.05, 0.1) is 11.2 Å². The number of amides is 1. The Morgan fingerprint density at radius 2 is 1.89 bits per heavy atom. The maximum atomic E-state index is 12.7. The third-order valence-corrected chi connectivity index (χ3v) is 5.37. The second-order valence-corrected chi connectivity index (χ2v) is 7.69. The fourth-order valence-electron chi connectivity index (χ4n) is 2.63. The minimum absolute atomic E-state index is 0.180. The number of nitrogens with zero attached hydrogens (tertiary/aromatic N) is 2. The van der Waals surface area contributed by atoms with E-state index in [0.29, 0.717) is 5.16 Å². The Morgan fingerprint density at radius 1 is 1.11 bits per heavy atom. The first-order valence-corrected chi connectivity index (χ1v) is 9.89. The minimum Gasteiger partial charge on any atom is -0.320 e. The molecule has 1 amide bonds. The highest BCUT2D eigenvalue weighted by atomic mass is 35.5. The van der Waals surface area contributed by atoms with Crippen LogP contribution >= 0.6 is 23.4 Å². The number of carbonyl (C=O) groups is 1. The first kappa shape index (κ1) is 19.4. The number of hydrogen-bond acceptors (Lipinski definition) is 4. The first-order valence-electron chi connectivity index (χ1n) is 8.52. The quantitative estimate of drug-likeness (QED) is 0.449. The van der Waals surface area contributed by atoms with Crippen LogP contribution in [0.3, 0.4) is 0 Å². The Kier molecular flexibility index (Phi) is 6.14. The van der Waals surface area contributed by atoms with Gasteiger partial charge in [0.25, 0.3) is 5.91 Å². The van der Waals surface area contributed by atoms with Crippen LogP contribution in [0.5, 0.6) is 0 Å². The summed E-state index contributed by atoms with van der Waals surface area (Å²) < 4.78 is 0. The highest BCUT2D eigenvalue weighted by Crippen LogP contribution is 2.24. The van der Waals surface area contributed by atoms with E-state index in [0.717, 1.165) is 22.6 Å². The lowest BCUT2D eigenvalue weighted by molar-refractivity contribution is 0.102. The second-order valence-electron chi connectivity index (χ2n) is 6.34. The Balaban J connectivity index is 1.76. The van der Waals surface area contributed by atoms with Crippen LogP contribution in [0.15, 0.2) is 53.8 Å². The van der Waals surface area contributed by atoms with E-state index in [1.165, 1.54) is 29.1 Å².